The second kappa shape index (κ2) is 6.70. The van der Waals surface area contributed by atoms with E-state index < -0.39 is 0 Å². The molecule has 1 saturated heterocycles. The van der Waals surface area contributed by atoms with Crippen molar-refractivity contribution in [3.63, 3.8) is 0 Å². The van der Waals surface area contributed by atoms with Gasteiger partial charge >= 0.3 is 5.97 Å². The zero-order chi connectivity index (χ0) is 15.4. The lowest BCUT2D eigenvalue weighted by molar-refractivity contribution is -0.141. The predicted octanol–water partition coefficient (Wildman–Crippen LogP) is 3.17. The minimum atomic E-state index is -0.249. The number of carbonyl (C=O) groups is 2. The van der Waals surface area contributed by atoms with E-state index in [4.69, 9.17) is 4.74 Å². The molecule has 0 bridgehead atoms. The molecular formula is C16H16N2O3S. The Balaban J connectivity index is 1.58. The Morgan fingerprint density at radius 3 is 2.91 bits per heavy atom. The molecule has 5 nitrogen and oxygen atoms in total. The van der Waals surface area contributed by atoms with E-state index in [9.17, 15) is 9.59 Å². The third kappa shape index (κ3) is 3.51. The molecule has 0 spiro atoms. The Morgan fingerprint density at radius 2 is 2.18 bits per heavy atom. The van der Waals surface area contributed by atoms with E-state index >= 15 is 0 Å². The molecule has 114 valence electrons. The highest BCUT2D eigenvalue weighted by Gasteiger charge is 2.35. The second-order valence-electron chi connectivity index (χ2n) is 5.21. The summed E-state index contributed by atoms with van der Waals surface area (Å²) in [5, 5.41) is 5.16. The number of amides is 1. The van der Waals surface area contributed by atoms with Gasteiger partial charge in [-0.05, 0) is 12.0 Å². The first-order valence-corrected chi connectivity index (χ1v) is 8.04. The van der Waals surface area contributed by atoms with Gasteiger partial charge in [-0.25, -0.2) is 4.98 Å². The molecule has 1 aromatic carbocycles. The number of esters is 1. The summed E-state index contributed by atoms with van der Waals surface area (Å²) in [5.41, 5.74) is 0.985. The SMILES string of the molecule is O=C(CC[C@H]1CC(=O)O[C@H]1c1ccccc1)Nc1nccs1. The molecule has 2 heterocycles. The summed E-state index contributed by atoms with van der Waals surface area (Å²) in [6.45, 7) is 0. The van der Waals surface area contributed by atoms with Crippen molar-refractivity contribution < 1.29 is 14.3 Å². The van der Waals surface area contributed by atoms with Gasteiger partial charge < -0.3 is 10.1 Å². The number of aromatic nitrogens is 1. The predicted molar refractivity (Wildman–Crippen MR) is 83.4 cm³/mol. The fraction of sp³-hybridized carbons (Fsp3) is 0.312. The molecule has 3 rings (SSSR count). The molecule has 0 saturated carbocycles. The summed E-state index contributed by atoms with van der Waals surface area (Å²) in [6.07, 6.45) is 2.73. The fourth-order valence-electron chi connectivity index (χ4n) is 2.63. The van der Waals surface area contributed by atoms with Crippen LogP contribution in [0.15, 0.2) is 41.9 Å². The summed E-state index contributed by atoms with van der Waals surface area (Å²) >= 11 is 1.39. The largest absolute Gasteiger partial charge is 0.457 e. The van der Waals surface area contributed by atoms with Crippen molar-refractivity contribution in [2.45, 2.75) is 25.4 Å². The van der Waals surface area contributed by atoms with Crippen LogP contribution in [0.5, 0.6) is 0 Å². The number of anilines is 1. The van der Waals surface area contributed by atoms with Crippen molar-refractivity contribution >= 4 is 28.3 Å². The van der Waals surface area contributed by atoms with Gasteiger partial charge in [0.15, 0.2) is 5.13 Å². The molecule has 1 aromatic heterocycles. The average molecular weight is 316 g/mol. The molecule has 1 amide bonds. The highest BCUT2D eigenvalue weighted by Crippen LogP contribution is 2.38. The Morgan fingerprint density at radius 1 is 1.36 bits per heavy atom. The van der Waals surface area contributed by atoms with E-state index in [1.807, 2.05) is 35.7 Å². The van der Waals surface area contributed by atoms with Gasteiger partial charge in [0.1, 0.15) is 6.10 Å². The van der Waals surface area contributed by atoms with Crippen LogP contribution in [0.2, 0.25) is 0 Å². The van der Waals surface area contributed by atoms with Crippen molar-refractivity contribution in [1.29, 1.82) is 0 Å². The number of benzene rings is 1. The van der Waals surface area contributed by atoms with Gasteiger partial charge in [-0.1, -0.05) is 30.3 Å². The van der Waals surface area contributed by atoms with E-state index in [0.717, 1.165) is 5.56 Å². The van der Waals surface area contributed by atoms with Crippen molar-refractivity contribution in [2.24, 2.45) is 5.92 Å². The lowest BCUT2D eigenvalue weighted by atomic mass is 9.91. The molecular weight excluding hydrogens is 300 g/mol. The summed E-state index contributed by atoms with van der Waals surface area (Å²) in [5.74, 6) is -0.239. The number of ether oxygens (including phenoxy) is 1. The highest BCUT2D eigenvalue weighted by atomic mass is 32.1. The molecule has 1 aliphatic rings. The lowest BCUT2D eigenvalue weighted by Gasteiger charge is -2.17. The Labute approximate surface area is 132 Å². The summed E-state index contributed by atoms with van der Waals surface area (Å²) in [6, 6.07) is 9.68. The summed E-state index contributed by atoms with van der Waals surface area (Å²) in [4.78, 5) is 27.5. The number of nitrogens with one attached hydrogen (secondary N) is 1. The third-order valence-corrected chi connectivity index (χ3v) is 4.35. The number of nitrogens with zero attached hydrogens (tertiary/aromatic N) is 1. The minimum absolute atomic E-state index is 0.0388. The molecule has 0 unspecified atom stereocenters. The monoisotopic (exact) mass is 316 g/mol. The number of hydrogen-bond donors (Lipinski definition) is 1. The van der Waals surface area contributed by atoms with Crippen molar-refractivity contribution in [2.75, 3.05) is 5.32 Å². The van der Waals surface area contributed by atoms with Gasteiger partial charge in [0, 0.05) is 23.9 Å². The van der Waals surface area contributed by atoms with Crippen molar-refractivity contribution in [3.8, 4) is 0 Å². The van der Waals surface area contributed by atoms with Crippen LogP contribution in [0, 0.1) is 5.92 Å². The van der Waals surface area contributed by atoms with Crippen LogP contribution < -0.4 is 5.32 Å². The number of carbonyl (C=O) groups excluding carboxylic acids is 2. The van der Waals surface area contributed by atoms with Gasteiger partial charge in [-0.3, -0.25) is 9.59 Å². The maximum absolute atomic E-state index is 11.9. The first-order chi connectivity index (χ1) is 10.7. The maximum atomic E-state index is 11.9. The third-order valence-electron chi connectivity index (χ3n) is 3.66. The number of hydrogen-bond acceptors (Lipinski definition) is 5. The normalized spacial score (nSPS) is 20.6. The van der Waals surface area contributed by atoms with Crippen LogP contribution in [-0.2, 0) is 14.3 Å². The zero-order valence-electron chi connectivity index (χ0n) is 11.9. The van der Waals surface area contributed by atoms with Gasteiger partial charge in [-0.15, -0.1) is 11.3 Å². The van der Waals surface area contributed by atoms with Crippen LogP contribution in [0.3, 0.4) is 0 Å². The first-order valence-electron chi connectivity index (χ1n) is 7.16. The number of cyclic esters (lactones) is 1. The van der Waals surface area contributed by atoms with Crippen LogP contribution in [0.1, 0.15) is 30.9 Å². The van der Waals surface area contributed by atoms with Crippen LogP contribution >= 0.6 is 11.3 Å². The molecule has 0 aliphatic carbocycles. The highest BCUT2D eigenvalue weighted by molar-refractivity contribution is 7.13. The second-order valence-corrected chi connectivity index (χ2v) is 6.10. The Kier molecular flexibility index (Phi) is 4.48. The molecule has 0 radical (unpaired) electrons. The van der Waals surface area contributed by atoms with E-state index in [-0.39, 0.29) is 23.9 Å². The molecule has 1 fully saturated rings. The zero-order valence-corrected chi connectivity index (χ0v) is 12.7. The lowest BCUT2D eigenvalue weighted by Crippen LogP contribution is -2.15. The fourth-order valence-corrected chi connectivity index (χ4v) is 3.17. The number of rotatable bonds is 5. The van der Waals surface area contributed by atoms with E-state index in [0.29, 0.717) is 24.4 Å². The first kappa shape index (κ1) is 14.7. The standard InChI is InChI=1S/C16H16N2O3S/c19-13(18-16-17-8-9-22-16)7-6-12-10-14(20)21-15(12)11-4-2-1-3-5-11/h1-5,8-9,12,15H,6-7,10H2,(H,17,18,19)/t12-,15-/m0/s1. The Hall–Kier alpha value is -2.21. The van der Waals surface area contributed by atoms with Crippen LogP contribution in [-0.4, -0.2) is 16.9 Å². The molecule has 2 atom stereocenters. The quantitative estimate of drug-likeness (QED) is 0.860. The molecule has 1 N–H and O–H groups in total. The Bertz CT molecular complexity index is 643. The smallest absolute Gasteiger partial charge is 0.306 e. The van der Waals surface area contributed by atoms with Crippen LogP contribution in [0.25, 0.3) is 0 Å². The van der Waals surface area contributed by atoms with Gasteiger partial charge in [0.2, 0.25) is 5.91 Å². The van der Waals surface area contributed by atoms with Crippen LogP contribution in [0.4, 0.5) is 5.13 Å². The molecule has 6 heteroatoms. The van der Waals surface area contributed by atoms with E-state index in [1.165, 1.54) is 11.3 Å². The molecule has 2 aromatic rings. The number of thiazole rings is 1. The van der Waals surface area contributed by atoms with Crippen molar-refractivity contribution in [1.82, 2.24) is 4.98 Å². The molecule has 22 heavy (non-hydrogen) atoms. The van der Waals surface area contributed by atoms with E-state index in [2.05, 4.69) is 10.3 Å². The van der Waals surface area contributed by atoms with Gasteiger partial charge in [-0.2, -0.15) is 0 Å². The summed E-state index contributed by atoms with van der Waals surface area (Å²) < 4.78 is 5.42. The van der Waals surface area contributed by atoms with Gasteiger partial charge in [0.25, 0.3) is 0 Å². The maximum Gasteiger partial charge on any atom is 0.306 e. The topological polar surface area (TPSA) is 68.3 Å². The van der Waals surface area contributed by atoms with Gasteiger partial charge in [0.05, 0.1) is 6.42 Å². The van der Waals surface area contributed by atoms with Crippen molar-refractivity contribution in [3.05, 3.63) is 47.5 Å². The molecule has 1 aliphatic heterocycles. The average Bonchev–Trinajstić information content (AvgIpc) is 3.15. The van der Waals surface area contributed by atoms with E-state index in [1.54, 1.807) is 6.20 Å². The summed E-state index contributed by atoms with van der Waals surface area (Å²) in [7, 11) is 0. The minimum Gasteiger partial charge on any atom is -0.457 e.